The highest BCUT2D eigenvalue weighted by atomic mass is 15.2. The first-order chi connectivity index (χ1) is 33.2. The van der Waals surface area contributed by atoms with E-state index in [1.165, 1.54) is 121 Å². The Hall–Kier alpha value is -7.22. The van der Waals surface area contributed by atoms with Gasteiger partial charge in [0.05, 0.1) is 16.8 Å². The van der Waals surface area contributed by atoms with Crippen molar-refractivity contribution in [1.82, 2.24) is 0 Å². The summed E-state index contributed by atoms with van der Waals surface area (Å²) < 4.78 is 0. The third-order valence-corrected chi connectivity index (χ3v) is 18.0. The van der Waals surface area contributed by atoms with Gasteiger partial charge in [0.15, 0.2) is 0 Å². The highest BCUT2D eigenvalue weighted by molar-refractivity contribution is 5.99. The molecule has 9 aromatic carbocycles. The molecule has 5 atom stereocenters. The molecule has 3 saturated carbocycles. The minimum absolute atomic E-state index is 0.495. The van der Waals surface area contributed by atoms with Crippen LogP contribution >= 0.6 is 0 Å². The summed E-state index contributed by atoms with van der Waals surface area (Å²) in [5.74, 6) is 2.95. The van der Waals surface area contributed by atoms with Crippen LogP contribution in [0.5, 0.6) is 0 Å². The van der Waals surface area contributed by atoms with E-state index in [9.17, 15) is 0 Å². The van der Waals surface area contributed by atoms with E-state index in [0.29, 0.717) is 17.3 Å². The molecule has 0 amide bonds. The standard InChI is InChI=1S/C66H51N/c1-2-16-42(17-3-1)45-20-12-21-46(36-45)47-22-13-23-51(38-47)67(61-32-14-27-52-48-37-49-39-50-40-60(65(49,50)41-48)53-24-6-7-26-55(53)63(52)61)62-33-15-28-56-54-25-8-11-31-59(54)66(64(56)62)57-29-9-4-18-43(57)34-35-44-19-5-10-30-58(44)66/h1-33,36,38,48-50,60H,34-35,37,39-41H2. The van der Waals surface area contributed by atoms with Crippen molar-refractivity contribution in [2.45, 2.75) is 55.8 Å². The summed E-state index contributed by atoms with van der Waals surface area (Å²) >= 11 is 0. The van der Waals surface area contributed by atoms with Crippen LogP contribution in [0.2, 0.25) is 0 Å². The molecule has 67 heavy (non-hydrogen) atoms. The highest BCUT2D eigenvalue weighted by Gasteiger charge is 2.70. The monoisotopic (exact) mass is 857 g/mol. The van der Waals surface area contributed by atoms with Crippen molar-refractivity contribution in [2.75, 3.05) is 4.90 Å². The lowest BCUT2D eigenvalue weighted by Gasteiger charge is -2.67. The van der Waals surface area contributed by atoms with Crippen LogP contribution in [0.3, 0.4) is 0 Å². The third kappa shape index (κ3) is 5.10. The Bertz CT molecular complexity index is 3440. The normalized spacial score (nSPS) is 22.4. The largest absolute Gasteiger partial charge is 0.309 e. The molecule has 0 radical (unpaired) electrons. The van der Waals surface area contributed by atoms with E-state index in [1.54, 1.807) is 11.1 Å². The van der Waals surface area contributed by atoms with Crippen LogP contribution in [-0.2, 0) is 18.3 Å². The van der Waals surface area contributed by atoms with Gasteiger partial charge in [0.25, 0.3) is 0 Å². The maximum atomic E-state index is 2.72. The molecule has 1 nitrogen and oxygen atoms in total. The zero-order valence-corrected chi connectivity index (χ0v) is 37.7. The van der Waals surface area contributed by atoms with E-state index in [-0.39, 0.29) is 0 Å². The molecule has 0 saturated heterocycles. The van der Waals surface area contributed by atoms with Crippen molar-refractivity contribution in [1.29, 1.82) is 0 Å². The second kappa shape index (κ2) is 14.1. The Morgan fingerprint density at radius 1 is 0.403 bits per heavy atom. The number of hydrogen-bond acceptors (Lipinski definition) is 1. The van der Waals surface area contributed by atoms with E-state index >= 15 is 0 Å². The van der Waals surface area contributed by atoms with Crippen LogP contribution in [0.15, 0.2) is 212 Å². The van der Waals surface area contributed by atoms with Gasteiger partial charge in [-0.25, -0.2) is 0 Å². The van der Waals surface area contributed by atoms with Gasteiger partial charge in [-0.2, -0.15) is 0 Å². The van der Waals surface area contributed by atoms with Crippen LogP contribution in [0, 0.1) is 17.3 Å². The number of rotatable bonds is 5. The molecule has 0 N–H and O–H groups in total. The van der Waals surface area contributed by atoms with Crippen molar-refractivity contribution in [3.63, 3.8) is 0 Å². The molecule has 1 heteroatoms. The highest BCUT2D eigenvalue weighted by Crippen LogP contribution is 2.80. The first-order valence-electron chi connectivity index (χ1n) is 24.9. The Morgan fingerprint density at radius 2 is 0.970 bits per heavy atom. The Balaban J connectivity index is 1.04. The molecule has 0 aliphatic heterocycles. The van der Waals surface area contributed by atoms with Crippen LogP contribution in [0.25, 0.3) is 44.5 Å². The topological polar surface area (TPSA) is 3.24 Å². The third-order valence-electron chi connectivity index (χ3n) is 18.0. The molecule has 5 unspecified atom stereocenters. The summed E-state index contributed by atoms with van der Waals surface area (Å²) in [7, 11) is 0. The second-order valence-corrected chi connectivity index (χ2v) is 20.6. The van der Waals surface area contributed by atoms with Crippen molar-refractivity contribution < 1.29 is 0 Å². The lowest BCUT2D eigenvalue weighted by atomic mass is 9.37. The molecule has 2 bridgehead atoms. The van der Waals surface area contributed by atoms with Gasteiger partial charge >= 0.3 is 0 Å². The van der Waals surface area contributed by atoms with E-state index in [4.69, 9.17) is 0 Å². The van der Waals surface area contributed by atoms with Crippen LogP contribution in [0.4, 0.5) is 17.1 Å². The minimum atomic E-state index is -0.537. The lowest BCUT2D eigenvalue weighted by Crippen LogP contribution is -2.58. The SMILES string of the molecule is c1ccc(-c2cccc(-c3cccc(N(c4cccc5c4-c4ccccc4C4CC6CC7CC5CC764)c4cccc5c4C4(c6ccccc6CCc6ccccc64)c4ccccc4-5)c3)c2)cc1. The minimum Gasteiger partial charge on any atom is -0.309 e. The predicted molar refractivity (Wildman–Crippen MR) is 276 cm³/mol. The average molecular weight is 858 g/mol. The van der Waals surface area contributed by atoms with Gasteiger partial charge in [0.1, 0.15) is 0 Å². The molecule has 9 aromatic rings. The van der Waals surface area contributed by atoms with Gasteiger partial charge in [0.2, 0.25) is 0 Å². The summed E-state index contributed by atoms with van der Waals surface area (Å²) in [5, 5.41) is 0. The van der Waals surface area contributed by atoms with Gasteiger partial charge in [-0.3, -0.25) is 0 Å². The molecule has 2 spiro atoms. The Kier molecular flexibility index (Phi) is 8.01. The number of anilines is 3. The summed E-state index contributed by atoms with van der Waals surface area (Å²) in [6, 6.07) is 81.7. The fourth-order valence-electron chi connectivity index (χ4n) is 15.3. The van der Waals surface area contributed by atoms with Gasteiger partial charge in [0, 0.05) is 16.8 Å². The smallest absolute Gasteiger partial charge is 0.0739 e. The van der Waals surface area contributed by atoms with Gasteiger partial charge in [-0.15, -0.1) is 0 Å². The number of aryl methyl sites for hydroxylation is 2. The predicted octanol–water partition coefficient (Wildman–Crippen LogP) is 16.6. The lowest BCUT2D eigenvalue weighted by molar-refractivity contribution is -0.144. The molecule has 320 valence electrons. The van der Waals surface area contributed by atoms with E-state index in [1.807, 2.05) is 0 Å². The van der Waals surface area contributed by atoms with Crippen LogP contribution in [0.1, 0.15) is 82.0 Å². The average Bonchev–Trinajstić information content (AvgIpc) is 3.85. The molecule has 6 aliphatic rings. The van der Waals surface area contributed by atoms with Gasteiger partial charge in [-0.05, 0) is 176 Å². The maximum absolute atomic E-state index is 2.72. The zero-order valence-electron chi connectivity index (χ0n) is 37.7. The zero-order chi connectivity index (χ0) is 43.8. The number of hydrogen-bond donors (Lipinski definition) is 0. The fourth-order valence-corrected chi connectivity index (χ4v) is 15.3. The quantitative estimate of drug-likeness (QED) is 0.167. The Labute approximate surface area is 394 Å². The first kappa shape index (κ1) is 37.9. The second-order valence-electron chi connectivity index (χ2n) is 20.6. The molecular weight excluding hydrogens is 807 g/mol. The molecular formula is C66H51N. The molecule has 0 heterocycles. The van der Waals surface area contributed by atoms with Gasteiger partial charge < -0.3 is 4.90 Å². The van der Waals surface area contributed by atoms with E-state index in [0.717, 1.165) is 24.7 Å². The van der Waals surface area contributed by atoms with Crippen molar-refractivity contribution >= 4 is 17.1 Å². The molecule has 3 fully saturated rings. The molecule has 0 aromatic heterocycles. The Morgan fingerprint density at radius 3 is 1.76 bits per heavy atom. The summed E-state index contributed by atoms with van der Waals surface area (Å²) in [6.07, 6.45) is 7.44. The summed E-state index contributed by atoms with van der Waals surface area (Å²) in [6.45, 7) is 0. The van der Waals surface area contributed by atoms with Crippen molar-refractivity contribution in [3.05, 3.63) is 257 Å². The van der Waals surface area contributed by atoms with Crippen molar-refractivity contribution in [2.24, 2.45) is 17.3 Å². The van der Waals surface area contributed by atoms with E-state index < -0.39 is 5.41 Å². The van der Waals surface area contributed by atoms with Crippen LogP contribution in [-0.4, -0.2) is 0 Å². The maximum Gasteiger partial charge on any atom is 0.0739 e. The van der Waals surface area contributed by atoms with Crippen molar-refractivity contribution in [3.8, 4) is 44.5 Å². The number of benzene rings is 9. The fraction of sp³-hybridized carbons (Fsp3) is 0.182. The van der Waals surface area contributed by atoms with Gasteiger partial charge in [-0.1, -0.05) is 182 Å². The first-order valence-corrected chi connectivity index (χ1v) is 24.9. The van der Waals surface area contributed by atoms with Crippen LogP contribution < -0.4 is 4.90 Å². The summed E-state index contributed by atoms with van der Waals surface area (Å²) in [4.78, 5) is 2.72. The summed E-state index contributed by atoms with van der Waals surface area (Å²) in [5.41, 5.74) is 25.7. The van der Waals surface area contributed by atoms with E-state index in [2.05, 4.69) is 217 Å². The molecule has 6 aliphatic carbocycles. The number of fused-ring (bicyclic) bond motifs is 15. The molecule has 15 rings (SSSR count). The number of nitrogens with zero attached hydrogens (tertiary/aromatic N) is 1.